The van der Waals surface area contributed by atoms with Gasteiger partial charge in [0, 0.05) is 6.42 Å². The van der Waals surface area contributed by atoms with Crippen LogP contribution in [0.4, 0.5) is 0 Å². The number of hydrogen-bond acceptors (Lipinski definition) is 2. The van der Waals surface area contributed by atoms with E-state index >= 15 is 0 Å². The highest BCUT2D eigenvalue weighted by Crippen LogP contribution is 2.41. The number of rotatable bonds is 3. The van der Waals surface area contributed by atoms with Crippen LogP contribution >= 0.6 is 12.4 Å². The Hall–Kier alpha value is -1.01. The summed E-state index contributed by atoms with van der Waals surface area (Å²) in [6, 6.07) is 9.92. The summed E-state index contributed by atoms with van der Waals surface area (Å²) in [5, 5.41) is 11.2. The van der Waals surface area contributed by atoms with Crippen molar-refractivity contribution in [2.24, 2.45) is 5.41 Å². The molecule has 1 saturated heterocycles. The quantitative estimate of drug-likeness (QED) is 0.855. The standard InChI is InChI=1S/C19H27NO.ClH/c1-18(2,3)19(21,17-11-5-4-6-12-17)13-7-8-14-20-15-9-10-16-20;/h4-6,11-12,21H,9-10,13-16H2,1-3H3;1H. The van der Waals surface area contributed by atoms with Gasteiger partial charge in [0.2, 0.25) is 0 Å². The molecule has 1 fully saturated rings. The van der Waals surface area contributed by atoms with Crippen molar-refractivity contribution < 1.29 is 5.11 Å². The lowest BCUT2D eigenvalue weighted by Crippen LogP contribution is -2.39. The average Bonchev–Trinajstić information content (AvgIpc) is 2.96. The molecule has 1 unspecified atom stereocenters. The molecule has 0 aliphatic carbocycles. The van der Waals surface area contributed by atoms with Crippen molar-refractivity contribution in [3.8, 4) is 11.8 Å². The third-order valence-corrected chi connectivity index (χ3v) is 4.46. The largest absolute Gasteiger partial charge is 0.384 e. The molecule has 0 amide bonds. The van der Waals surface area contributed by atoms with Crippen molar-refractivity contribution in [1.29, 1.82) is 0 Å². The van der Waals surface area contributed by atoms with Crippen LogP contribution in [0.1, 0.15) is 45.6 Å². The molecule has 1 N–H and O–H groups in total. The van der Waals surface area contributed by atoms with Gasteiger partial charge in [0.05, 0.1) is 6.54 Å². The summed E-state index contributed by atoms with van der Waals surface area (Å²) < 4.78 is 0. The van der Waals surface area contributed by atoms with E-state index in [0.29, 0.717) is 6.42 Å². The van der Waals surface area contributed by atoms with Crippen LogP contribution in [-0.2, 0) is 5.60 Å². The van der Waals surface area contributed by atoms with Gasteiger partial charge in [-0.15, -0.1) is 12.4 Å². The maximum absolute atomic E-state index is 11.2. The van der Waals surface area contributed by atoms with Gasteiger partial charge < -0.3 is 5.11 Å². The van der Waals surface area contributed by atoms with Crippen molar-refractivity contribution in [2.75, 3.05) is 19.6 Å². The molecule has 22 heavy (non-hydrogen) atoms. The summed E-state index contributed by atoms with van der Waals surface area (Å²) in [7, 11) is 0. The smallest absolute Gasteiger partial charge is 0.105 e. The normalized spacial score (nSPS) is 18.0. The minimum atomic E-state index is -0.910. The molecule has 3 heteroatoms. The van der Waals surface area contributed by atoms with Crippen LogP contribution in [0.2, 0.25) is 0 Å². The van der Waals surface area contributed by atoms with Gasteiger partial charge in [-0.05, 0) is 36.9 Å². The molecule has 2 nitrogen and oxygen atoms in total. The summed E-state index contributed by atoms with van der Waals surface area (Å²) in [5.74, 6) is 6.46. The van der Waals surface area contributed by atoms with Gasteiger partial charge in [-0.3, -0.25) is 4.90 Å². The second-order valence-corrected chi connectivity index (χ2v) is 6.99. The second-order valence-electron chi connectivity index (χ2n) is 6.99. The van der Waals surface area contributed by atoms with E-state index in [1.165, 1.54) is 12.8 Å². The van der Waals surface area contributed by atoms with E-state index in [0.717, 1.165) is 25.2 Å². The molecular formula is C19H28ClNO. The molecule has 122 valence electrons. The number of nitrogens with zero attached hydrogens (tertiary/aromatic N) is 1. The number of aliphatic hydroxyl groups is 1. The molecule has 2 rings (SSSR count). The number of halogens is 1. The van der Waals surface area contributed by atoms with Crippen LogP contribution in [0.3, 0.4) is 0 Å². The first-order valence-corrected chi connectivity index (χ1v) is 7.89. The Bertz CT molecular complexity index is 506. The molecule has 1 heterocycles. The fourth-order valence-corrected chi connectivity index (χ4v) is 2.81. The van der Waals surface area contributed by atoms with Crippen molar-refractivity contribution in [1.82, 2.24) is 4.90 Å². The van der Waals surface area contributed by atoms with Crippen molar-refractivity contribution in [2.45, 2.75) is 45.6 Å². The Morgan fingerprint density at radius 1 is 1.05 bits per heavy atom. The molecule has 1 aliphatic rings. The second kappa shape index (κ2) is 8.02. The van der Waals surface area contributed by atoms with E-state index in [2.05, 4.69) is 37.5 Å². The third-order valence-electron chi connectivity index (χ3n) is 4.46. The van der Waals surface area contributed by atoms with Gasteiger partial charge in [0.25, 0.3) is 0 Å². The minimum absolute atomic E-state index is 0. The van der Waals surface area contributed by atoms with Crippen LogP contribution in [0, 0.1) is 17.3 Å². The molecule has 0 bridgehead atoms. The van der Waals surface area contributed by atoms with Crippen LogP contribution < -0.4 is 0 Å². The van der Waals surface area contributed by atoms with Gasteiger partial charge in [0.15, 0.2) is 0 Å². The Kier molecular flexibility index (Phi) is 6.94. The first-order valence-electron chi connectivity index (χ1n) is 7.89. The summed E-state index contributed by atoms with van der Waals surface area (Å²) in [4.78, 5) is 2.38. The predicted molar refractivity (Wildman–Crippen MR) is 95.1 cm³/mol. The third kappa shape index (κ3) is 4.49. The Morgan fingerprint density at radius 3 is 2.18 bits per heavy atom. The van der Waals surface area contributed by atoms with E-state index in [4.69, 9.17) is 0 Å². The highest BCUT2D eigenvalue weighted by atomic mass is 35.5. The van der Waals surface area contributed by atoms with E-state index < -0.39 is 5.60 Å². The maximum Gasteiger partial charge on any atom is 0.105 e. The Labute approximate surface area is 141 Å². The lowest BCUT2D eigenvalue weighted by atomic mass is 9.70. The van der Waals surface area contributed by atoms with Gasteiger partial charge >= 0.3 is 0 Å². The highest BCUT2D eigenvalue weighted by Gasteiger charge is 2.40. The minimum Gasteiger partial charge on any atom is -0.384 e. The van der Waals surface area contributed by atoms with E-state index in [1.54, 1.807) is 0 Å². The topological polar surface area (TPSA) is 23.5 Å². The number of benzene rings is 1. The summed E-state index contributed by atoms with van der Waals surface area (Å²) in [6.07, 6.45) is 3.06. The van der Waals surface area contributed by atoms with Gasteiger partial charge in [-0.25, -0.2) is 0 Å². The number of hydrogen-bond donors (Lipinski definition) is 1. The molecule has 0 saturated carbocycles. The van der Waals surface area contributed by atoms with Gasteiger partial charge in [-0.1, -0.05) is 62.9 Å². The van der Waals surface area contributed by atoms with E-state index in [-0.39, 0.29) is 17.8 Å². The molecule has 0 radical (unpaired) electrons. The molecular weight excluding hydrogens is 294 g/mol. The van der Waals surface area contributed by atoms with Crippen molar-refractivity contribution in [3.63, 3.8) is 0 Å². The predicted octanol–water partition coefficient (Wildman–Crippen LogP) is 3.83. The van der Waals surface area contributed by atoms with Crippen molar-refractivity contribution >= 4 is 12.4 Å². The molecule has 1 aromatic carbocycles. The fraction of sp³-hybridized carbons (Fsp3) is 0.579. The maximum atomic E-state index is 11.2. The molecule has 1 aromatic rings. The highest BCUT2D eigenvalue weighted by molar-refractivity contribution is 5.85. The molecule has 1 aliphatic heterocycles. The molecule has 1 atom stereocenters. The first kappa shape index (κ1) is 19.0. The zero-order valence-electron chi connectivity index (χ0n) is 13.9. The first-order chi connectivity index (χ1) is 9.93. The zero-order valence-corrected chi connectivity index (χ0v) is 14.7. The van der Waals surface area contributed by atoms with Crippen LogP contribution in [0.5, 0.6) is 0 Å². The molecule has 0 aromatic heterocycles. The monoisotopic (exact) mass is 321 g/mol. The Morgan fingerprint density at radius 2 is 1.64 bits per heavy atom. The number of likely N-dealkylation sites (tertiary alicyclic amines) is 1. The summed E-state index contributed by atoms with van der Waals surface area (Å²) >= 11 is 0. The SMILES string of the molecule is CC(C)(C)C(O)(CC#CCN1CCCC1)c1ccccc1.Cl. The average molecular weight is 322 g/mol. The molecule has 0 spiro atoms. The lowest BCUT2D eigenvalue weighted by Gasteiger charge is -2.39. The lowest BCUT2D eigenvalue weighted by molar-refractivity contribution is -0.0598. The fourth-order valence-electron chi connectivity index (χ4n) is 2.81. The summed E-state index contributed by atoms with van der Waals surface area (Å²) in [6.45, 7) is 9.37. The van der Waals surface area contributed by atoms with Crippen molar-refractivity contribution in [3.05, 3.63) is 35.9 Å². The van der Waals surface area contributed by atoms with E-state index in [1.807, 2.05) is 30.3 Å². The summed E-state index contributed by atoms with van der Waals surface area (Å²) in [5.41, 5.74) is -0.212. The van der Waals surface area contributed by atoms with Gasteiger partial charge in [-0.2, -0.15) is 0 Å². The van der Waals surface area contributed by atoms with Crippen LogP contribution in [0.15, 0.2) is 30.3 Å². The van der Waals surface area contributed by atoms with Gasteiger partial charge in [0.1, 0.15) is 5.60 Å². The van der Waals surface area contributed by atoms with Crippen LogP contribution in [0.25, 0.3) is 0 Å². The van der Waals surface area contributed by atoms with Crippen LogP contribution in [-0.4, -0.2) is 29.6 Å². The zero-order chi connectivity index (χ0) is 15.3. The Balaban J connectivity index is 0.00000242. The van der Waals surface area contributed by atoms with E-state index in [9.17, 15) is 5.11 Å².